The van der Waals surface area contributed by atoms with E-state index in [-0.39, 0.29) is 5.56 Å². The van der Waals surface area contributed by atoms with Crippen molar-refractivity contribution < 1.29 is 4.74 Å². The van der Waals surface area contributed by atoms with Crippen molar-refractivity contribution in [2.45, 2.75) is 19.6 Å². The average Bonchev–Trinajstić information content (AvgIpc) is 3.35. The van der Waals surface area contributed by atoms with E-state index in [1.165, 1.54) is 4.88 Å². The molecule has 2 aliphatic rings. The second-order valence-electron chi connectivity index (χ2n) is 7.53. The van der Waals surface area contributed by atoms with Gasteiger partial charge < -0.3 is 15.0 Å². The highest BCUT2D eigenvalue weighted by Crippen LogP contribution is 2.31. The summed E-state index contributed by atoms with van der Waals surface area (Å²) in [5.74, 6) is 0.921. The lowest BCUT2D eigenvalue weighted by atomic mass is 10.2. The Balaban J connectivity index is 1.24. The monoisotopic (exact) mass is 411 g/mol. The number of nitrogens with one attached hydrogen (secondary N) is 1. The van der Waals surface area contributed by atoms with E-state index in [1.54, 1.807) is 29.3 Å². The third-order valence-electron chi connectivity index (χ3n) is 5.90. The molecule has 8 heteroatoms. The highest BCUT2D eigenvalue weighted by atomic mass is 32.1. The van der Waals surface area contributed by atoms with Crippen LogP contribution in [0.15, 0.2) is 35.4 Å². The van der Waals surface area contributed by atoms with Crippen molar-refractivity contribution in [3.63, 3.8) is 0 Å². The number of anilines is 1. The number of fused-ring (bicyclic) bond motifs is 3. The van der Waals surface area contributed by atoms with E-state index in [0.717, 1.165) is 73.0 Å². The first-order valence-corrected chi connectivity index (χ1v) is 10.9. The fourth-order valence-electron chi connectivity index (χ4n) is 4.27. The fraction of sp³-hybridized carbons (Fsp3) is 0.429. The summed E-state index contributed by atoms with van der Waals surface area (Å²) in [6.45, 7) is 7.02. The second kappa shape index (κ2) is 7.78. The van der Waals surface area contributed by atoms with Gasteiger partial charge in [0.2, 0.25) is 0 Å². The van der Waals surface area contributed by atoms with Crippen LogP contribution in [0.3, 0.4) is 0 Å². The van der Waals surface area contributed by atoms with Crippen LogP contribution in [-0.4, -0.2) is 54.3 Å². The van der Waals surface area contributed by atoms with Gasteiger partial charge in [-0.2, -0.15) is 0 Å². The maximum atomic E-state index is 13.0. The zero-order valence-electron chi connectivity index (χ0n) is 16.6. The number of hydrogen-bond acceptors (Lipinski definition) is 7. The first-order chi connectivity index (χ1) is 14.2. The predicted molar refractivity (Wildman–Crippen MR) is 116 cm³/mol. The van der Waals surface area contributed by atoms with Gasteiger partial charge in [0.15, 0.2) is 0 Å². The molecule has 4 heterocycles. The number of nitrogens with zero attached hydrogens (tertiary/aromatic N) is 4. The molecule has 7 nitrogen and oxygen atoms in total. The summed E-state index contributed by atoms with van der Waals surface area (Å²) in [5, 5.41) is 4.15. The normalized spacial score (nSPS) is 17.1. The second-order valence-corrected chi connectivity index (χ2v) is 8.61. The summed E-state index contributed by atoms with van der Waals surface area (Å²) in [7, 11) is 1.72. The number of methoxy groups -OCH3 is 1. The van der Waals surface area contributed by atoms with Crippen molar-refractivity contribution >= 4 is 27.2 Å². The van der Waals surface area contributed by atoms with Gasteiger partial charge in [0.25, 0.3) is 5.56 Å². The van der Waals surface area contributed by atoms with Gasteiger partial charge in [-0.1, -0.05) is 12.1 Å². The molecule has 0 spiro atoms. The van der Waals surface area contributed by atoms with E-state index in [0.29, 0.717) is 6.54 Å². The van der Waals surface area contributed by atoms with E-state index in [4.69, 9.17) is 4.74 Å². The number of benzene rings is 1. The number of aromatic nitrogens is 2. The number of thiophene rings is 1. The number of para-hydroxylation sites is 2. The zero-order chi connectivity index (χ0) is 19.8. The van der Waals surface area contributed by atoms with Gasteiger partial charge in [0.05, 0.1) is 24.5 Å². The SMILES string of the molecule is COc1ccccc1N1CCN(CCn2cnc3sc4c(c3c2=O)CNC4)CC1. The Hall–Kier alpha value is -2.42. The van der Waals surface area contributed by atoms with Crippen LogP contribution in [0.5, 0.6) is 5.75 Å². The summed E-state index contributed by atoms with van der Waals surface area (Å²) in [4.78, 5) is 24.5. The van der Waals surface area contributed by atoms with Crippen molar-refractivity contribution in [1.82, 2.24) is 19.8 Å². The molecule has 5 rings (SSSR count). The van der Waals surface area contributed by atoms with Crippen LogP contribution in [0.25, 0.3) is 10.2 Å². The molecule has 1 aromatic carbocycles. The molecular weight excluding hydrogens is 386 g/mol. The van der Waals surface area contributed by atoms with Gasteiger partial charge in [-0.05, 0) is 17.7 Å². The van der Waals surface area contributed by atoms with Crippen LogP contribution in [0.4, 0.5) is 5.69 Å². The third kappa shape index (κ3) is 3.41. The first kappa shape index (κ1) is 18.6. The van der Waals surface area contributed by atoms with Crippen molar-refractivity contribution in [2.75, 3.05) is 44.7 Å². The van der Waals surface area contributed by atoms with Gasteiger partial charge in [0, 0.05) is 57.2 Å². The van der Waals surface area contributed by atoms with E-state index in [1.807, 2.05) is 12.1 Å². The Morgan fingerprint density at radius 1 is 1.14 bits per heavy atom. The van der Waals surface area contributed by atoms with Gasteiger partial charge in [0.1, 0.15) is 10.6 Å². The molecule has 2 aliphatic heterocycles. The molecule has 1 fully saturated rings. The van der Waals surface area contributed by atoms with Crippen molar-refractivity contribution in [1.29, 1.82) is 0 Å². The minimum Gasteiger partial charge on any atom is -0.495 e. The lowest BCUT2D eigenvalue weighted by molar-refractivity contribution is 0.246. The molecule has 0 unspecified atom stereocenters. The minimum absolute atomic E-state index is 0.101. The van der Waals surface area contributed by atoms with E-state index in [2.05, 4.69) is 32.2 Å². The van der Waals surface area contributed by atoms with Gasteiger partial charge >= 0.3 is 0 Å². The number of piperazine rings is 1. The van der Waals surface area contributed by atoms with Crippen molar-refractivity contribution in [3.8, 4) is 5.75 Å². The third-order valence-corrected chi connectivity index (χ3v) is 7.04. The molecule has 1 saturated heterocycles. The summed E-state index contributed by atoms with van der Waals surface area (Å²) in [6, 6.07) is 8.17. The van der Waals surface area contributed by atoms with Crippen LogP contribution in [0, 0.1) is 0 Å². The van der Waals surface area contributed by atoms with Crippen molar-refractivity contribution in [2.24, 2.45) is 0 Å². The molecule has 1 N–H and O–H groups in total. The first-order valence-electron chi connectivity index (χ1n) is 10.1. The van der Waals surface area contributed by atoms with Crippen LogP contribution < -0.4 is 20.5 Å². The summed E-state index contributed by atoms with van der Waals surface area (Å²) in [6.07, 6.45) is 1.72. The number of rotatable bonds is 5. The van der Waals surface area contributed by atoms with Crippen molar-refractivity contribution in [3.05, 3.63) is 51.4 Å². The standard InChI is InChI=1S/C21H25N5O2S/c1-28-17-5-3-2-4-16(17)25-9-6-24(7-10-25)8-11-26-14-23-20-19(21(26)27)15-12-22-13-18(15)29-20/h2-5,14,22H,6-13H2,1H3. The topological polar surface area (TPSA) is 62.6 Å². The van der Waals surface area contributed by atoms with Gasteiger partial charge in [-0.3, -0.25) is 14.3 Å². The van der Waals surface area contributed by atoms with Crippen LogP contribution >= 0.6 is 11.3 Å². The molecule has 152 valence electrons. The minimum atomic E-state index is 0.101. The van der Waals surface area contributed by atoms with E-state index < -0.39 is 0 Å². The fourth-order valence-corrected chi connectivity index (χ4v) is 5.39. The summed E-state index contributed by atoms with van der Waals surface area (Å²) in [5.41, 5.74) is 2.41. The molecule has 0 amide bonds. The smallest absolute Gasteiger partial charge is 0.262 e. The quantitative estimate of drug-likeness (QED) is 0.692. The molecule has 0 atom stereocenters. The van der Waals surface area contributed by atoms with Gasteiger partial charge in [-0.15, -0.1) is 11.3 Å². The Morgan fingerprint density at radius 3 is 2.79 bits per heavy atom. The number of ether oxygens (including phenoxy) is 1. The summed E-state index contributed by atoms with van der Waals surface area (Å²) >= 11 is 1.64. The molecular formula is C21H25N5O2S. The highest BCUT2D eigenvalue weighted by molar-refractivity contribution is 7.18. The molecule has 29 heavy (non-hydrogen) atoms. The Kier molecular flexibility index (Phi) is 4.99. The van der Waals surface area contributed by atoms with Gasteiger partial charge in [-0.25, -0.2) is 4.98 Å². The highest BCUT2D eigenvalue weighted by Gasteiger charge is 2.22. The summed E-state index contributed by atoms with van der Waals surface area (Å²) < 4.78 is 7.28. The van der Waals surface area contributed by atoms with Crippen LogP contribution in [-0.2, 0) is 19.6 Å². The Bertz CT molecular complexity index is 1080. The molecule has 0 radical (unpaired) electrons. The number of hydrogen-bond donors (Lipinski definition) is 1. The molecule has 3 aromatic rings. The Labute approximate surface area is 173 Å². The molecule has 0 bridgehead atoms. The lowest BCUT2D eigenvalue weighted by Gasteiger charge is -2.36. The molecule has 0 aliphatic carbocycles. The van der Waals surface area contributed by atoms with E-state index in [9.17, 15) is 4.79 Å². The van der Waals surface area contributed by atoms with Crippen LogP contribution in [0.1, 0.15) is 10.4 Å². The maximum absolute atomic E-state index is 13.0. The lowest BCUT2D eigenvalue weighted by Crippen LogP contribution is -2.47. The molecule has 0 saturated carbocycles. The zero-order valence-corrected chi connectivity index (χ0v) is 17.4. The maximum Gasteiger partial charge on any atom is 0.262 e. The largest absolute Gasteiger partial charge is 0.495 e. The Morgan fingerprint density at radius 2 is 1.97 bits per heavy atom. The molecule has 2 aromatic heterocycles. The van der Waals surface area contributed by atoms with Crippen LogP contribution in [0.2, 0.25) is 0 Å². The average molecular weight is 412 g/mol. The predicted octanol–water partition coefficient (Wildman–Crippen LogP) is 1.89. The van der Waals surface area contributed by atoms with E-state index >= 15 is 0 Å².